The predicted octanol–water partition coefficient (Wildman–Crippen LogP) is 3.35. The van der Waals surface area contributed by atoms with Crippen LogP contribution in [0.1, 0.15) is 12.5 Å². The van der Waals surface area contributed by atoms with E-state index >= 15 is 0 Å². The van der Waals surface area contributed by atoms with Crippen molar-refractivity contribution in [2.45, 2.75) is 20.0 Å². The normalized spacial score (nSPS) is 12.0. The number of rotatable bonds is 10. The lowest BCUT2D eigenvalue weighted by atomic mass is 10.1. The van der Waals surface area contributed by atoms with Crippen molar-refractivity contribution in [1.29, 1.82) is 0 Å². The molecule has 0 spiro atoms. The van der Waals surface area contributed by atoms with Crippen molar-refractivity contribution in [2.24, 2.45) is 5.92 Å². The Kier molecular flexibility index (Phi) is 8.70. The van der Waals surface area contributed by atoms with Gasteiger partial charge in [-0.2, -0.15) is 0 Å². The number of anilines is 2. The smallest absolute Gasteiger partial charge is 0.332 e. The molecule has 208 valence electrons. The number of aromatic nitrogens is 3. The number of carbonyl (C=O) groups excluding carboxylic acids is 1. The molecule has 40 heavy (non-hydrogen) atoms. The number of benzene rings is 2. The molecule has 11 nitrogen and oxygen atoms in total. The summed E-state index contributed by atoms with van der Waals surface area (Å²) < 4.78 is 32.7. The summed E-state index contributed by atoms with van der Waals surface area (Å²) in [6.45, 7) is 1.19. The van der Waals surface area contributed by atoms with Crippen molar-refractivity contribution in [1.82, 2.24) is 18.8 Å². The lowest BCUT2D eigenvalue weighted by molar-refractivity contribution is -0.123. The summed E-state index contributed by atoms with van der Waals surface area (Å²) in [6.07, 6.45) is 2.47. The lowest BCUT2D eigenvalue weighted by Crippen LogP contribution is -2.44. The van der Waals surface area contributed by atoms with Crippen LogP contribution in [0.5, 0.6) is 11.6 Å². The molecule has 0 aliphatic rings. The van der Waals surface area contributed by atoms with E-state index in [0.717, 1.165) is 16.4 Å². The zero-order valence-electron chi connectivity index (χ0n) is 21.6. The standard InChI is InChI=1S/C27H26ClN5O6S/c1-18(26(35)31-40(2,37)38)16-33-25(34)15-23(32(27(33)36)17-19-6-8-20(28)9-7-19)30-21-10-12-22(13-11-21)39-24-5-3-4-14-29-24/h3-15,18,30H,16-17H2,1-2H3,(H,31,35). The Labute approximate surface area is 235 Å². The number of hydrogen-bond acceptors (Lipinski definition) is 8. The highest BCUT2D eigenvalue weighted by Crippen LogP contribution is 2.23. The van der Waals surface area contributed by atoms with Crippen molar-refractivity contribution in [3.63, 3.8) is 0 Å². The van der Waals surface area contributed by atoms with E-state index in [2.05, 4.69) is 10.3 Å². The molecule has 1 unspecified atom stereocenters. The number of sulfonamides is 1. The maximum absolute atomic E-state index is 13.6. The molecule has 4 aromatic rings. The van der Waals surface area contributed by atoms with Gasteiger partial charge in [0.2, 0.25) is 21.8 Å². The molecule has 1 amide bonds. The van der Waals surface area contributed by atoms with Crippen molar-refractivity contribution in [3.05, 3.63) is 110 Å². The Hall–Kier alpha value is -4.42. The fourth-order valence-electron chi connectivity index (χ4n) is 3.74. The Morgan fingerprint density at radius 2 is 1.73 bits per heavy atom. The Morgan fingerprint density at radius 1 is 1.02 bits per heavy atom. The van der Waals surface area contributed by atoms with Crippen LogP contribution in [0.2, 0.25) is 5.02 Å². The van der Waals surface area contributed by atoms with E-state index in [4.69, 9.17) is 16.3 Å². The topological polar surface area (TPSA) is 141 Å². The van der Waals surface area contributed by atoms with Crippen LogP contribution in [-0.4, -0.2) is 34.7 Å². The van der Waals surface area contributed by atoms with Gasteiger partial charge in [0, 0.05) is 35.6 Å². The molecule has 0 bridgehead atoms. The fraction of sp³-hybridized carbons (Fsp3) is 0.185. The third-order valence-corrected chi connectivity index (χ3v) is 6.53. The second-order valence-electron chi connectivity index (χ2n) is 9.03. The van der Waals surface area contributed by atoms with E-state index in [0.29, 0.717) is 22.3 Å². The fourth-order valence-corrected chi connectivity index (χ4v) is 4.43. The van der Waals surface area contributed by atoms with Crippen molar-refractivity contribution in [3.8, 4) is 11.6 Å². The lowest BCUT2D eigenvalue weighted by Gasteiger charge is -2.18. The summed E-state index contributed by atoms with van der Waals surface area (Å²) in [6, 6.07) is 20.3. The first-order valence-electron chi connectivity index (χ1n) is 12.1. The monoisotopic (exact) mass is 583 g/mol. The summed E-state index contributed by atoms with van der Waals surface area (Å²) >= 11 is 6.01. The van der Waals surface area contributed by atoms with Crippen LogP contribution in [0.4, 0.5) is 11.5 Å². The number of pyridine rings is 1. The van der Waals surface area contributed by atoms with Crippen LogP contribution in [0, 0.1) is 5.92 Å². The molecule has 0 saturated carbocycles. The van der Waals surface area contributed by atoms with Crippen LogP contribution in [0.3, 0.4) is 0 Å². The quantitative estimate of drug-likeness (QED) is 0.289. The third-order valence-electron chi connectivity index (χ3n) is 5.71. The number of carbonyl (C=O) groups is 1. The molecular weight excluding hydrogens is 558 g/mol. The van der Waals surface area contributed by atoms with Gasteiger partial charge in [-0.05, 0) is 48.0 Å². The second kappa shape index (κ2) is 12.2. The van der Waals surface area contributed by atoms with E-state index in [1.165, 1.54) is 17.6 Å². The van der Waals surface area contributed by atoms with Crippen LogP contribution in [0.15, 0.2) is 88.6 Å². The summed E-state index contributed by atoms with van der Waals surface area (Å²) in [5, 5.41) is 3.63. The second-order valence-corrected chi connectivity index (χ2v) is 11.2. The van der Waals surface area contributed by atoms with Gasteiger partial charge >= 0.3 is 5.69 Å². The minimum atomic E-state index is -3.80. The summed E-state index contributed by atoms with van der Waals surface area (Å²) in [5.74, 6) is -0.613. The zero-order chi connectivity index (χ0) is 28.9. The highest BCUT2D eigenvalue weighted by molar-refractivity contribution is 7.89. The van der Waals surface area contributed by atoms with Crippen LogP contribution < -0.4 is 26.0 Å². The van der Waals surface area contributed by atoms with Gasteiger partial charge in [-0.15, -0.1) is 0 Å². The summed E-state index contributed by atoms with van der Waals surface area (Å²) in [5.41, 5.74) is -0.0228. The molecule has 0 aliphatic carbocycles. The third kappa shape index (κ3) is 7.58. The number of nitrogens with one attached hydrogen (secondary N) is 2. The van der Waals surface area contributed by atoms with Crippen molar-refractivity contribution in [2.75, 3.05) is 11.6 Å². The van der Waals surface area contributed by atoms with Crippen LogP contribution in [-0.2, 0) is 27.9 Å². The number of nitrogens with zero attached hydrogens (tertiary/aromatic N) is 3. The summed E-state index contributed by atoms with van der Waals surface area (Å²) in [7, 11) is -3.80. The van der Waals surface area contributed by atoms with Gasteiger partial charge < -0.3 is 10.1 Å². The molecule has 0 fully saturated rings. The maximum atomic E-state index is 13.6. The van der Waals surface area contributed by atoms with Gasteiger partial charge in [-0.3, -0.25) is 23.4 Å². The minimum absolute atomic E-state index is 0.0867. The van der Waals surface area contributed by atoms with Gasteiger partial charge in [0.1, 0.15) is 11.6 Å². The molecule has 2 aromatic carbocycles. The van der Waals surface area contributed by atoms with Crippen molar-refractivity contribution >= 4 is 39.0 Å². The average molecular weight is 584 g/mol. The SMILES string of the molecule is CC(Cn1c(=O)cc(Nc2ccc(Oc3ccccn3)cc2)n(Cc2ccc(Cl)cc2)c1=O)C(=O)NS(C)(=O)=O. The van der Waals surface area contributed by atoms with Gasteiger partial charge in [0.25, 0.3) is 5.56 Å². The van der Waals surface area contributed by atoms with E-state index in [9.17, 15) is 22.8 Å². The van der Waals surface area contributed by atoms with E-state index in [1.54, 1.807) is 72.9 Å². The molecular formula is C27H26ClN5O6S. The van der Waals surface area contributed by atoms with E-state index in [1.807, 2.05) is 4.72 Å². The minimum Gasteiger partial charge on any atom is -0.439 e. The number of amides is 1. The van der Waals surface area contributed by atoms with Crippen molar-refractivity contribution < 1.29 is 17.9 Å². The van der Waals surface area contributed by atoms with Crippen LogP contribution in [0.25, 0.3) is 0 Å². The van der Waals surface area contributed by atoms with Crippen LogP contribution >= 0.6 is 11.6 Å². The number of ether oxygens (including phenoxy) is 1. The first-order chi connectivity index (χ1) is 19.0. The zero-order valence-corrected chi connectivity index (χ0v) is 23.1. The molecule has 13 heteroatoms. The number of hydrogen-bond donors (Lipinski definition) is 2. The van der Waals surface area contributed by atoms with Gasteiger partial charge in [-0.1, -0.05) is 36.7 Å². The average Bonchev–Trinajstić information content (AvgIpc) is 2.90. The van der Waals surface area contributed by atoms with E-state index in [-0.39, 0.29) is 18.9 Å². The molecule has 0 aliphatic heterocycles. The van der Waals surface area contributed by atoms with Gasteiger partial charge in [-0.25, -0.2) is 18.2 Å². The highest BCUT2D eigenvalue weighted by Gasteiger charge is 2.21. The van der Waals surface area contributed by atoms with E-state index < -0.39 is 33.1 Å². The molecule has 2 N–H and O–H groups in total. The molecule has 1 atom stereocenters. The summed E-state index contributed by atoms with van der Waals surface area (Å²) in [4.78, 5) is 43.0. The number of halogens is 1. The molecule has 0 saturated heterocycles. The Morgan fingerprint density at radius 3 is 2.35 bits per heavy atom. The molecule has 2 aromatic heterocycles. The highest BCUT2D eigenvalue weighted by atomic mass is 35.5. The molecule has 2 heterocycles. The first kappa shape index (κ1) is 28.6. The first-order valence-corrected chi connectivity index (χ1v) is 14.3. The largest absolute Gasteiger partial charge is 0.439 e. The Bertz CT molecular complexity index is 1720. The molecule has 0 radical (unpaired) electrons. The van der Waals surface area contributed by atoms with Gasteiger partial charge in [0.15, 0.2) is 0 Å². The van der Waals surface area contributed by atoms with Gasteiger partial charge in [0.05, 0.1) is 18.7 Å². The predicted molar refractivity (Wildman–Crippen MR) is 152 cm³/mol. The molecule has 4 rings (SSSR count). The Balaban J connectivity index is 1.65. The maximum Gasteiger partial charge on any atom is 0.332 e.